The molecule has 0 bridgehead atoms. The van der Waals surface area contributed by atoms with Gasteiger partial charge in [0.15, 0.2) is 0 Å². The molecule has 2 aromatic carbocycles. The number of fused-ring (bicyclic) bond motifs is 2. The van der Waals surface area contributed by atoms with Gasteiger partial charge in [-0.05, 0) is 42.2 Å². The van der Waals surface area contributed by atoms with Crippen molar-refractivity contribution in [3.63, 3.8) is 0 Å². The molecule has 1 heterocycles. The topological polar surface area (TPSA) is 21.6 Å². The van der Waals surface area contributed by atoms with Crippen LogP contribution in [0.15, 0.2) is 41.4 Å². The Hall–Kier alpha value is -1.42. The molecule has 2 aliphatic rings. The van der Waals surface area contributed by atoms with Crippen molar-refractivity contribution in [2.24, 2.45) is 4.99 Å². The molecule has 5 heteroatoms. The van der Waals surface area contributed by atoms with Crippen LogP contribution in [0.3, 0.4) is 0 Å². The number of benzene rings is 2. The average molecular weight is 378 g/mol. The van der Waals surface area contributed by atoms with E-state index in [2.05, 4.69) is 4.99 Å². The van der Waals surface area contributed by atoms with Gasteiger partial charge in [0, 0.05) is 24.3 Å². The largest absolute Gasteiger partial charge is 0.380 e. The average Bonchev–Trinajstić information content (AvgIpc) is 2.97. The molecule has 0 amide bonds. The van der Waals surface area contributed by atoms with Crippen LogP contribution in [0.5, 0.6) is 0 Å². The van der Waals surface area contributed by atoms with Crippen molar-refractivity contribution in [1.82, 2.24) is 0 Å². The van der Waals surface area contributed by atoms with Gasteiger partial charge in [0.25, 0.3) is 0 Å². The number of methoxy groups -OCH3 is 1. The molecule has 0 saturated heterocycles. The van der Waals surface area contributed by atoms with Crippen molar-refractivity contribution in [2.45, 2.75) is 36.7 Å². The monoisotopic (exact) mass is 377 g/mol. The Labute approximate surface area is 156 Å². The van der Waals surface area contributed by atoms with Gasteiger partial charge in [-0.15, -0.1) is 0 Å². The van der Waals surface area contributed by atoms with Gasteiger partial charge < -0.3 is 4.74 Å². The molecule has 3 unspecified atom stereocenters. The van der Waals surface area contributed by atoms with E-state index in [9.17, 15) is 4.39 Å². The van der Waals surface area contributed by atoms with E-state index >= 15 is 0 Å². The third-order valence-electron chi connectivity index (χ3n) is 5.55. The summed E-state index contributed by atoms with van der Waals surface area (Å²) in [4.78, 5) is 4.62. The number of halogens is 3. The highest BCUT2D eigenvalue weighted by Crippen LogP contribution is 2.55. The van der Waals surface area contributed by atoms with Crippen LogP contribution in [-0.2, 0) is 10.2 Å². The Kier molecular flexibility index (Phi) is 4.35. The van der Waals surface area contributed by atoms with Crippen molar-refractivity contribution in [3.8, 4) is 0 Å². The highest BCUT2D eigenvalue weighted by Gasteiger charge is 2.52. The molecule has 0 radical (unpaired) electrons. The lowest BCUT2D eigenvalue weighted by Gasteiger charge is -2.46. The second kappa shape index (κ2) is 6.39. The summed E-state index contributed by atoms with van der Waals surface area (Å²) in [7, 11) is 1.71. The van der Waals surface area contributed by atoms with Crippen LogP contribution in [0.2, 0.25) is 10.0 Å². The summed E-state index contributed by atoms with van der Waals surface area (Å²) in [5.41, 5.74) is 2.01. The van der Waals surface area contributed by atoms with E-state index in [1.54, 1.807) is 19.2 Å². The molecular weight excluding hydrogens is 360 g/mol. The van der Waals surface area contributed by atoms with Gasteiger partial charge >= 0.3 is 0 Å². The summed E-state index contributed by atoms with van der Waals surface area (Å²) in [5.74, 6) is -0.433. The summed E-state index contributed by atoms with van der Waals surface area (Å²) >= 11 is 12.2. The first-order chi connectivity index (χ1) is 12.1. The zero-order valence-corrected chi connectivity index (χ0v) is 15.3. The maximum atomic E-state index is 14.9. The van der Waals surface area contributed by atoms with Gasteiger partial charge in [-0.25, -0.2) is 4.39 Å². The smallest absolute Gasteiger partial charge is 0.145 e. The van der Waals surface area contributed by atoms with E-state index in [1.807, 2.05) is 30.5 Å². The maximum Gasteiger partial charge on any atom is 0.145 e. The van der Waals surface area contributed by atoms with E-state index < -0.39 is 5.41 Å². The van der Waals surface area contributed by atoms with Crippen LogP contribution in [0.4, 0.5) is 10.1 Å². The number of hydrogen-bond acceptors (Lipinski definition) is 2. The lowest BCUT2D eigenvalue weighted by Crippen LogP contribution is -2.49. The lowest BCUT2D eigenvalue weighted by atomic mass is 9.60. The zero-order chi connectivity index (χ0) is 17.6. The van der Waals surface area contributed by atoms with Gasteiger partial charge in [0.2, 0.25) is 0 Å². The first-order valence-electron chi connectivity index (χ1n) is 8.40. The second-order valence-electron chi connectivity index (χ2n) is 6.70. The number of ether oxygens (including phenoxy) is 1. The number of rotatable bonds is 2. The minimum Gasteiger partial charge on any atom is -0.380 e. The van der Waals surface area contributed by atoms with E-state index in [0.29, 0.717) is 10.6 Å². The molecule has 25 heavy (non-hydrogen) atoms. The second-order valence-corrected chi connectivity index (χ2v) is 7.55. The maximum absolute atomic E-state index is 14.9. The van der Waals surface area contributed by atoms with Gasteiger partial charge in [-0.3, -0.25) is 4.99 Å². The predicted octanol–water partition coefficient (Wildman–Crippen LogP) is 6.07. The summed E-state index contributed by atoms with van der Waals surface area (Å²) in [6.07, 6.45) is 4.59. The molecule has 3 atom stereocenters. The van der Waals surface area contributed by atoms with Crippen LogP contribution in [0.1, 0.15) is 36.3 Å². The minimum absolute atomic E-state index is 0.0733. The van der Waals surface area contributed by atoms with Crippen LogP contribution >= 0.6 is 23.2 Å². The standard InChI is InChI=1S/C20H18Cl2FNO/c1-25-18-7-3-5-14(13-4-2-6-16(22)19(13)23)20(18)11-24-17-10-12(21)8-9-15(17)20/h2,4,6,8-11,14,18H,3,5,7H2,1H3. The highest BCUT2D eigenvalue weighted by atomic mass is 35.5. The number of nitrogens with zero attached hydrogens (tertiary/aromatic N) is 1. The quantitative estimate of drug-likeness (QED) is 0.622. The first kappa shape index (κ1) is 17.0. The van der Waals surface area contributed by atoms with Crippen molar-refractivity contribution in [3.05, 3.63) is 63.4 Å². The molecule has 0 aromatic heterocycles. The fourth-order valence-electron chi connectivity index (χ4n) is 4.48. The molecule has 1 aliphatic carbocycles. The van der Waals surface area contributed by atoms with Gasteiger partial charge in [-0.1, -0.05) is 47.8 Å². The summed E-state index contributed by atoms with van der Waals surface area (Å²) < 4.78 is 20.7. The Morgan fingerprint density at radius 1 is 1.20 bits per heavy atom. The van der Waals surface area contributed by atoms with Gasteiger partial charge in [0.1, 0.15) is 5.82 Å². The van der Waals surface area contributed by atoms with Crippen molar-refractivity contribution < 1.29 is 9.13 Å². The van der Waals surface area contributed by atoms with Gasteiger partial charge in [0.05, 0.1) is 22.2 Å². The van der Waals surface area contributed by atoms with Crippen molar-refractivity contribution in [2.75, 3.05) is 7.11 Å². The fourth-order valence-corrected chi connectivity index (χ4v) is 4.83. The van der Waals surface area contributed by atoms with Crippen molar-refractivity contribution in [1.29, 1.82) is 0 Å². The molecule has 2 aromatic rings. The van der Waals surface area contributed by atoms with Crippen molar-refractivity contribution >= 4 is 35.1 Å². The Morgan fingerprint density at radius 3 is 2.84 bits per heavy atom. The third-order valence-corrected chi connectivity index (χ3v) is 6.08. The van der Waals surface area contributed by atoms with E-state index in [4.69, 9.17) is 27.9 Å². The molecule has 1 saturated carbocycles. The third kappa shape index (κ3) is 2.52. The SMILES string of the molecule is COC1CCCC(c2cccc(Cl)c2F)C12C=Nc1cc(Cl)ccc12. The molecule has 1 aliphatic heterocycles. The molecule has 2 nitrogen and oxygen atoms in total. The molecule has 1 fully saturated rings. The summed E-state index contributed by atoms with van der Waals surface area (Å²) in [6.45, 7) is 0. The molecule has 0 N–H and O–H groups in total. The lowest BCUT2D eigenvalue weighted by molar-refractivity contribution is 0.0225. The predicted molar refractivity (Wildman–Crippen MR) is 100 cm³/mol. The number of hydrogen-bond donors (Lipinski definition) is 0. The molecule has 130 valence electrons. The van der Waals surface area contributed by atoms with Gasteiger partial charge in [-0.2, -0.15) is 0 Å². The molecule has 1 spiro atoms. The van der Waals surface area contributed by atoms with E-state index in [-0.39, 0.29) is 22.9 Å². The van der Waals surface area contributed by atoms with Crippen LogP contribution in [0, 0.1) is 5.82 Å². The minimum atomic E-state index is -0.502. The molecular formula is C20H18Cl2FNO. The Bertz CT molecular complexity index is 854. The first-order valence-corrected chi connectivity index (χ1v) is 9.15. The Morgan fingerprint density at radius 2 is 2.04 bits per heavy atom. The Balaban J connectivity index is 1.93. The molecule has 4 rings (SSSR count). The summed E-state index contributed by atoms with van der Waals surface area (Å²) in [5, 5.41) is 0.793. The normalized spacial score (nSPS) is 27.7. The van der Waals surface area contributed by atoms with Crippen LogP contribution < -0.4 is 0 Å². The summed E-state index contributed by atoms with van der Waals surface area (Å²) in [6, 6.07) is 10.9. The van der Waals surface area contributed by atoms with E-state index in [0.717, 1.165) is 30.5 Å². The fraction of sp³-hybridized carbons (Fsp3) is 0.350. The zero-order valence-electron chi connectivity index (χ0n) is 13.8. The van der Waals surface area contributed by atoms with Crippen LogP contribution in [-0.4, -0.2) is 19.4 Å². The van der Waals surface area contributed by atoms with E-state index in [1.165, 1.54) is 0 Å². The number of aliphatic imine (C=N–C) groups is 1. The van der Waals surface area contributed by atoms with Crippen LogP contribution in [0.25, 0.3) is 0 Å². The highest BCUT2D eigenvalue weighted by molar-refractivity contribution is 6.31.